The molecule has 0 spiro atoms. The maximum absolute atomic E-state index is 14.3. The van der Waals surface area contributed by atoms with E-state index >= 15 is 0 Å². The van der Waals surface area contributed by atoms with Crippen LogP contribution in [0.5, 0.6) is 0 Å². The van der Waals surface area contributed by atoms with E-state index in [4.69, 9.17) is 14.9 Å². The Kier molecular flexibility index (Phi) is 9.59. The topological polar surface area (TPSA) is 140 Å². The van der Waals surface area contributed by atoms with Crippen molar-refractivity contribution < 1.29 is 36.7 Å². The molecule has 2 aliphatic rings. The smallest absolute Gasteiger partial charge is 0.416 e. The summed E-state index contributed by atoms with van der Waals surface area (Å²) in [4.78, 5) is 41.9. The van der Waals surface area contributed by atoms with Crippen LogP contribution in [-0.2, 0) is 15.7 Å². The van der Waals surface area contributed by atoms with Crippen molar-refractivity contribution in [2.45, 2.75) is 76.2 Å². The van der Waals surface area contributed by atoms with E-state index in [1.54, 1.807) is 13.0 Å². The van der Waals surface area contributed by atoms with Crippen LogP contribution in [0.25, 0.3) is 0 Å². The van der Waals surface area contributed by atoms with Crippen LogP contribution in [0.15, 0.2) is 40.8 Å². The summed E-state index contributed by atoms with van der Waals surface area (Å²) in [7, 11) is 0. The van der Waals surface area contributed by atoms with Crippen molar-refractivity contribution >= 4 is 40.6 Å². The predicted molar refractivity (Wildman–Crippen MR) is 157 cm³/mol. The highest BCUT2D eigenvalue weighted by Crippen LogP contribution is 2.37. The summed E-state index contributed by atoms with van der Waals surface area (Å²) in [5.41, 5.74) is 4.68. The summed E-state index contributed by atoms with van der Waals surface area (Å²) in [5, 5.41) is 5.68. The Bertz CT molecular complexity index is 1490. The fraction of sp³-hybridized carbons (Fsp3) is 0.467. The number of hydrogen-bond donors (Lipinski definition) is 3. The van der Waals surface area contributed by atoms with E-state index in [-0.39, 0.29) is 46.4 Å². The number of carbonyl (C=O) groups is 3. The number of aryl methyl sites for hydroxylation is 1. The van der Waals surface area contributed by atoms with Gasteiger partial charge in [0.2, 0.25) is 0 Å². The Morgan fingerprint density at radius 3 is 2.55 bits per heavy atom. The predicted octanol–water partition coefficient (Wildman–Crippen LogP) is 5.39. The molecule has 2 aromatic heterocycles. The van der Waals surface area contributed by atoms with Gasteiger partial charge in [-0.25, -0.2) is 0 Å². The molecule has 2 atom stereocenters. The van der Waals surface area contributed by atoms with Gasteiger partial charge in [-0.3, -0.25) is 19.3 Å². The molecule has 3 heterocycles. The minimum Gasteiger partial charge on any atom is -0.464 e. The van der Waals surface area contributed by atoms with E-state index in [2.05, 4.69) is 15.0 Å². The molecule has 0 radical (unpaired) electrons. The first-order chi connectivity index (χ1) is 21.0. The van der Waals surface area contributed by atoms with Crippen LogP contribution in [0.1, 0.15) is 88.2 Å². The number of aromatic nitrogens is 1. The molecule has 1 saturated carbocycles. The number of furan rings is 1. The molecule has 0 bridgehead atoms. The molecule has 14 heteroatoms. The molecule has 4 N–H and O–H groups in total. The van der Waals surface area contributed by atoms with Crippen molar-refractivity contribution in [2.75, 3.05) is 23.8 Å². The van der Waals surface area contributed by atoms with E-state index in [9.17, 15) is 27.6 Å². The van der Waals surface area contributed by atoms with Gasteiger partial charge in [0.25, 0.3) is 17.7 Å². The summed E-state index contributed by atoms with van der Waals surface area (Å²) in [6, 6.07) is 5.58. The highest BCUT2D eigenvalue weighted by atomic mass is 32.1. The number of ether oxygens (including phenoxy) is 1. The van der Waals surface area contributed by atoms with Crippen molar-refractivity contribution in [3.05, 3.63) is 64.1 Å². The van der Waals surface area contributed by atoms with E-state index in [0.717, 1.165) is 68.0 Å². The van der Waals surface area contributed by atoms with Crippen LogP contribution in [0.4, 0.5) is 24.5 Å². The maximum Gasteiger partial charge on any atom is 0.416 e. The molecule has 3 amide bonds. The van der Waals surface area contributed by atoms with Gasteiger partial charge in [-0.15, -0.1) is 0 Å². The van der Waals surface area contributed by atoms with Crippen molar-refractivity contribution in [2.24, 2.45) is 0 Å². The molecular weight excluding hydrogens is 599 g/mol. The van der Waals surface area contributed by atoms with Crippen LogP contribution in [0, 0.1) is 6.92 Å². The zero-order chi connectivity index (χ0) is 31.4. The molecule has 44 heavy (non-hydrogen) atoms. The van der Waals surface area contributed by atoms with Crippen molar-refractivity contribution in [1.29, 1.82) is 0 Å². The summed E-state index contributed by atoms with van der Waals surface area (Å²) < 4.78 is 56.9. The van der Waals surface area contributed by atoms with E-state index in [1.165, 1.54) is 12.1 Å². The Morgan fingerprint density at radius 2 is 1.89 bits per heavy atom. The van der Waals surface area contributed by atoms with Crippen molar-refractivity contribution in [1.82, 2.24) is 15.0 Å². The zero-order valence-electron chi connectivity index (χ0n) is 24.1. The first-order valence-corrected chi connectivity index (χ1v) is 15.3. The zero-order valence-corrected chi connectivity index (χ0v) is 24.9. The molecule has 1 aliphatic carbocycles. The quantitative estimate of drug-likeness (QED) is 0.287. The molecule has 1 aliphatic heterocycles. The van der Waals surface area contributed by atoms with Gasteiger partial charge >= 0.3 is 6.18 Å². The lowest BCUT2D eigenvalue weighted by Crippen LogP contribution is -2.45. The first kappa shape index (κ1) is 31.5. The van der Waals surface area contributed by atoms with E-state index < -0.39 is 35.5 Å². The molecular formula is C30H34F3N5O5S. The van der Waals surface area contributed by atoms with Gasteiger partial charge in [0, 0.05) is 24.9 Å². The molecule has 2 fully saturated rings. The lowest BCUT2D eigenvalue weighted by Gasteiger charge is -2.30. The summed E-state index contributed by atoms with van der Waals surface area (Å²) in [6.45, 7) is 2.32. The number of nitrogens with zero attached hydrogens (tertiary/aromatic N) is 2. The normalized spacial score (nSPS) is 18.1. The van der Waals surface area contributed by atoms with Crippen LogP contribution in [-0.4, -0.2) is 47.4 Å². The fourth-order valence-electron chi connectivity index (χ4n) is 5.53. The van der Waals surface area contributed by atoms with E-state index in [1.807, 2.05) is 0 Å². The maximum atomic E-state index is 14.3. The summed E-state index contributed by atoms with van der Waals surface area (Å²) >= 11 is 0.639. The molecule has 10 nitrogen and oxygen atoms in total. The Hall–Kier alpha value is -3.91. The average Bonchev–Trinajstić information content (AvgIpc) is 3.76. The highest BCUT2D eigenvalue weighted by molar-refractivity contribution is 7.09. The second kappa shape index (κ2) is 13.4. The van der Waals surface area contributed by atoms with Crippen molar-refractivity contribution in [3.63, 3.8) is 0 Å². The lowest BCUT2D eigenvalue weighted by molar-refractivity contribution is -0.137. The molecule has 1 saturated heterocycles. The largest absolute Gasteiger partial charge is 0.464 e. The third-order valence-corrected chi connectivity index (χ3v) is 8.66. The van der Waals surface area contributed by atoms with Crippen LogP contribution < -0.4 is 21.3 Å². The van der Waals surface area contributed by atoms with Gasteiger partial charge in [0.15, 0.2) is 11.7 Å². The number of alkyl halides is 3. The molecule has 1 aromatic carbocycles. The summed E-state index contributed by atoms with van der Waals surface area (Å²) in [5.74, 6) is -1.70. The van der Waals surface area contributed by atoms with Crippen LogP contribution >= 0.6 is 11.5 Å². The second-order valence-electron chi connectivity index (χ2n) is 11.0. The lowest BCUT2D eigenvalue weighted by atomic mass is 9.95. The minimum absolute atomic E-state index is 0.0245. The van der Waals surface area contributed by atoms with E-state index in [0.29, 0.717) is 23.9 Å². The average molecular weight is 634 g/mol. The van der Waals surface area contributed by atoms with Gasteiger partial charge in [-0.05, 0) is 74.5 Å². The monoisotopic (exact) mass is 633 g/mol. The van der Waals surface area contributed by atoms with Crippen molar-refractivity contribution in [3.8, 4) is 0 Å². The third kappa shape index (κ3) is 7.07. The number of rotatable bonds is 9. The standard InChI is InChI=1S/C30H34F3N5O5S/c1-17-12-13-22(43-17)25(28(40)35-16-21-11-6-14-42-21)38(20-10-5-7-18(15-20)30(31,32)33)29(41)26-23(34)24(37-44-26)27(39)36-19-8-3-2-4-9-19/h5,7,10,12-13,15,19,21,25H,2-4,6,8-9,11,14,16,34H2,1H3,(H,35,40)(H,36,39)/t21-,25+/m1/s1. The Balaban J connectivity index is 1.54. The molecule has 236 valence electrons. The molecule has 0 unspecified atom stereocenters. The van der Waals surface area contributed by atoms with Gasteiger partial charge in [0.1, 0.15) is 16.4 Å². The van der Waals surface area contributed by atoms with Gasteiger partial charge in [-0.1, -0.05) is 25.3 Å². The number of carbonyl (C=O) groups excluding carboxylic acids is 3. The minimum atomic E-state index is -4.72. The molecule has 3 aromatic rings. The Morgan fingerprint density at radius 1 is 1.11 bits per heavy atom. The number of benzene rings is 1. The number of nitrogen functional groups attached to an aromatic ring is 1. The number of amides is 3. The molecule has 5 rings (SSSR count). The number of nitrogens with one attached hydrogen (secondary N) is 2. The highest BCUT2D eigenvalue weighted by Gasteiger charge is 2.40. The van der Waals surface area contributed by atoms with Gasteiger partial charge < -0.3 is 25.5 Å². The number of anilines is 2. The Labute approximate surface area is 256 Å². The SMILES string of the molecule is Cc1ccc([C@@H](C(=O)NC[C@H]2CCCO2)N(C(=O)c2snc(C(=O)NC3CCCCC3)c2N)c2cccc(C(F)(F)F)c2)o1. The fourth-order valence-corrected chi connectivity index (χ4v) is 6.27. The van der Waals surface area contributed by atoms with Gasteiger partial charge in [-0.2, -0.15) is 17.5 Å². The number of hydrogen-bond acceptors (Lipinski definition) is 8. The second-order valence-corrected chi connectivity index (χ2v) is 11.8. The van der Waals surface area contributed by atoms with Crippen LogP contribution in [0.2, 0.25) is 0 Å². The summed E-state index contributed by atoms with van der Waals surface area (Å²) in [6.07, 6.45) is 1.28. The van der Waals surface area contributed by atoms with Gasteiger partial charge in [0.05, 0.1) is 17.4 Å². The first-order valence-electron chi connectivity index (χ1n) is 14.6. The third-order valence-electron chi connectivity index (χ3n) is 7.81. The number of nitrogens with two attached hydrogens (primary N) is 1. The number of halogens is 3. The van der Waals surface area contributed by atoms with Crippen LogP contribution in [0.3, 0.4) is 0 Å².